The van der Waals surface area contributed by atoms with Crippen molar-refractivity contribution in [3.8, 4) is 5.75 Å². The highest BCUT2D eigenvalue weighted by atomic mass is 16.6. The van der Waals surface area contributed by atoms with Crippen molar-refractivity contribution in [3.05, 3.63) is 46.2 Å². The van der Waals surface area contributed by atoms with Crippen molar-refractivity contribution < 1.29 is 53.9 Å². The monoisotopic (exact) mass is 558 g/mol. The second-order valence-corrected chi connectivity index (χ2v) is 11.0. The number of ether oxygens (including phenoxy) is 2. The number of aliphatic hydroxyl groups excluding tert-OH is 2. The van der Waals surface area contributed by atoms with Gasteiger partial charge in [-0.05, 0) is 38.3 Å². The van der Waals surface area contributed by atoms with Crippen molar-refractivity contribution in [2.24, 2.45) is 17.6 Å². The fraction of sp³-hybridized carbons (Fsp3) is 0.444. The summed E-state index contributed by atoms with van der Waals surface area (Å²) in [6.07, 6.45) is -3.17. The number of aliphatic hydroxyl groups is 3. The van der Waals surface area contributed by atoms with Gasteiger partial charge in [0.15, 0.2) is 11.4 Å². The van der Waals surface area contributed by atoms with Gasteiger partial charge in [-0.1, -0.05) is 19.1 Å². The van der Waals surface area contributed by atoms with Gasteiger partial charge in [0.1, 0.15) is 41.1 Å². The van der Waals surface area contributed by atoms with Crippen LogP contribution in [0.5, 0.6) is 5.75 Å². The van der Waals surface area contributed by atoms with E-state index in [1.54, 1.807) is 33.8 Å². The molecule has 0 aliphatic heterocycles. The van der Waals surface area contributed by atoms with E-state index in [0.717, 1.165) is 0 Å². The van der Waals surface area contributed by atoms with Crippen LogP contribution in [0.25, 0.3) is 5.76 Å². The van der Waals surface area contributed by atoms with Crippen LogP contribution in [-0.4, -0.2) is 73.8 Å². The first kappa shape index (κ1) is 28.6. The number of primary amides is 1. The summed E-state index contributed by atoms with van der Waals surface area (Å²) in [5.41, 5.74) is 0.209. The van der Waals surface area contributed by atoms with E-state index in [4.69, 9.17) is 15.2 Å². The van der Waals surface area contributed by atoms with E-state index < -0.39 is 100 Å². The van der Waals surface area contributed by atoms with Gasteiger partial charge >= 0.3 is 12.1 Å². The summed E-state index contributed by atoms with van der Waals surface area (Å²) >= 11 is 0. The number of hydrogen-bond donors (Lipinski definition) is 6. The van der Waals surface area contributed by atoms with Gasteiger partial charge in [-0.25, -0.2) is 4.79 Å². The predicted octanol–water partition coefficient (Wildman–Crippen LogP) is 1.03. The molecule has 0 heterocycles. The Labute approximate surface area is 228 Å². The average Bonchev–Trinajstić information content (AvgIpc) is 2.83. The highest BCUT2D eigenvalue weighted by molar-refractivity contribution is 6.23. The number of phenols is 1. The number of benzene rings is 1. The number of Topliss-reactive ketones (excluding diaryl/α,β-unsaturated/α-hetero) is 2. The van der Waals surface area contributed by atoms with E-state index in [-0.39, 0.29) is 11.3 Å². The highest BCUT2D eigenvalue weighted by Crippen LogP contribution is 2.56. The second-order valence-electron chi connectivity index (χ2n) is 11.0. The zero-order valence-corrected chi connectivity index (χ0v) is 22.2. The summed E-state index contributed by atoms with van der Waals surface area (Å²) in [4.78, 5) is 63.6. The Morgan fingerprint density at radius 3 is 2.40 bits per heavy atom. The number of nitrogens with one attached hydrogen (secondary N) is 1. The van der Waals surface area contributed by atoms with E-state index in [2.05, 4.69) is 5.32 Å². The summed E-state index contributed by atoms with van der Waals surface area (Å²) in [5.74, 6) is -10.6. The molecule has 0 unspecified atom stereocenters. The minimum atomic E-state index is -2.98. The molecule has 0 spiro atoms. The van der Waals surface area contributed by atoms with Crippen LogP contribution in [0.1, 0.15) is 51.2 Å². The molecule has 13 heteroatoms. The van der Waals surface area contributed by atoms with Crippen LogP contribution in [-0.2, 0) is 28.7 Å². The molecule has 13 nitrogen and oxygen atoms in total. The molecule has 1 fully saturated rings. The third-order valence-corrected chi connectivity index (χ3v) is 7.38. The maximum atomic E-state index is 13.8. The third-order valence-electron chi connectivity index (χ3n) is 7.38. The highest BCUT2D eigenvalue weighted by Gasteiger charge is 2.66. The van der Waals surface area contributed by atoms with Crippen LogP contribution >= 0.6 is 0 Å². The lowest BCUT2D eigenvalue weighted by atomic mass is 9.55. The summed E-state index contributed by atoms with van der Waals surface area (Å²) in [6, 6.07) is 4.36. The largest absolute Gasteiger partial charge is 0.508 e. The summed E-state index contributed by atoms with van der Waals surface area (Å²) in [6.45, 7) is 5.78. The molecule has 7 N–H and O–H groups in total. The molecule has 3 aliphatic carbocycles. The summed E-state index contributed by atoms with van der Waals surface area (Å²) < 4.78 is 10.7. The van der Waals surface area contributed by atoms with Gasteiger partial charge in [0.2, 0.25) is 5.78 Å². The number of phenolic OH excluding ortho intramolecular Hbond substituents is 1. The number of alkyl carbamates (subject to hydrolysis) is 1. The van der Waals surface area contributed by atoms with Crippen molar-refractivity contribution in [1.29, 1.82) is 0 Å². The lowest BCUT2D eigenvalue weighted by molar-refractivity contribution is -0.178. The SMILES string of the molecule is C[C@H]1c2cccc(O)c2C(O)=C2C(=O)[C@]3(O)C(O)=C(C(N)=O)C(=O)C[C@@H]3[C@@H](OC(=O)CNC(=O)OC(C)(C)C)[C@@H]21. The molecule has 2 amide bonds. The van der Waals surface area contributed by atoms with Gasteiger partial charge in [-0.15, -0.1) is 0 Å². The number of rotatable bonds is 4. The number of ketones is 2. The zero-order valence-electron chi connectivity index (χ0n) is 22.2. The van der Waals surface area contributed by atoms with Crippen LogP contribution in [0.3, 0.4) is 0 Å². The Morgan fingerprint density at radius 1 is 1.15 bits per heavy atom. The molecule has 5 atom stereocenters. The second kappa shape index (κ2) is 9.66. The van der Waals surface area contributed by atoms with Crippen LogP contribution in [0.2, 0.25) is 0 Å². The predicted molar refractivity (Wildman–Crippen MR) is 136 cm³/mol. The van der Waals surface area contributed by atoms with E-state index in [9.17, 15) is 44.4 Å². The number of nitrogens with two attached hydrogens (primary N) is 1. The van der Waals surface area contributed by atoms with Gasteiger partial charge in [0, 0.05) is 23.8 Å². The van der Waals surface area contributed by atoms with E-state index in [0.29, 0.717) is 5.56 Å². The summed E-state index contributed by atoms with van der Waals surface area (Å²) in [5, 5.41) is 46.4. The first-order chi connectivity index (χ1) is 18.5. The third kappa shape index (κ3) is 4.45. The van der Waals surface area contributed by atoms with Gasteiger partial charge < -0.3 is 41.0 Å². The van der Waals surface area contributed by atoms with Crippen LogP contribution in [0.15, 0.2) is 35.1 Å². The maximum absolute atomic E-state index is 13.8. The quantitative estimate of drug-likeness (QED) is 0.226. The van der Waals surface area contributed by atoms with Gasteiger partial charge in [-0.2, -0.15) is 0 Å². The number of amides is 2. The fourth-order valence-electron chi connectivity index (χ4n) is 5.73. The number of carbonyl (C=O) groups is 5. The minimum Gasteiger partial charge on any atom is -0.508 e. The first-order valence-corrected chi connectivity index (χ1v) is 12.5. The Morgan fingerprint density at radius 2 is 1.80 bits per heavy atom. The van der Waals surface area contributed by atoms with Gasteiger partial charge in [0.25, 0.3) is 5.91 Å². The molecule has 1 aromatic rings. The first-order valence-electron chi connectivity index (χ1n) is 12.5. The molecule has 3 aliphatic rings. The van der Waals surface area contributed by atoms with Gasteiger partial charge in [0.05, 0.1) is 5.56 Å². The summed E-state index contributed by atoms with van der Waals surface area (Å²) in [7, 11) is 0. The van der Waals surface area contributed by atoms with Crippen molar-refractivity contribution in [2.45, 2.75) is 57.3 Å². The molecule has 1 aromatic carbocycles. The van der Waals surface area contributed by atoms with E-state index in [1.807, 2.05) is 0 Å². The Bertz CT molecular complexity index is 1400. The van der Waals surface area contributed by atoms with Crippen molar-refractivity contribution in [2.75, 3.05) is 6.54 Å². The molecular weight excluding hydrogens is 528 g/mol. The maximum Gasteiger partial charge on any atom is 0.408 e. The molecular formula is C27H30N2O11. The van der Waals surface area contributed by atoms with Crippen LogP contribution < -0.4 is 11.1 Å². The van der Waals surface area contributed by atoms with E-state index >= 15 is 0 Å². The van der Waals surface area contributed by atoms with Crippen molar-refractivity contribution in [1.82, 2.24) is 5.32 Å². The molecule has 0 radical (unpaired) electrons. The van der Waals surface area contributed by atoms with Crippen molar-refractivity contribution in [3.63, 3.8) is 0 Å². The average molecular weight is 559 g/mol. The molecule has 0 bridgehead atoms. The van der Waals surface area contributed by atoms with Crippen LogP contribution in [0, 0.1) is 11.8 Å². The molecule has 1 saturated carbocycles. The fourth-order valence-corrected chi connectivity index (χ4v) is 5.73. The number of carbonyl (C=O) groups excluding carboxylic acids is 5. The van der Waals surface area contributed by atoms with Gasteiger partial charge in [-0.3, -0.25) is 19.2 Å². The number of hydrogen-bond acceptors (Lipinski definition) is 11. The number of aromatic hydroxyl groups is 1. The molecule has 0 aromatic heterocycles. The van der Waals surface area contributed by atoms with E-state index in [1.165, 1.54) is 12.1 Å². The normalized spacial score (nSPS) is 27.8. The lowest BCUT2D eigenvalue weighted by Gasteiger charge is -2.51. The van der Waals surface area contributed by atoms with Crippen LogP contribution in [0.4, 0.5) is 4.79 Å². The lowest BCUT2D eigenvalue weighted by Crippen LogP contribution is -2.64. The zero-order chi connectivity index (χ0) is 29.9. The number of fused-ring (bicyclic) bond motifs is 3. The molecule has 0 saturated heterocycles. The molecule has 40 heavy (non-hydrogen) atoms. The molecule has 214 valence electrons. The van der Waals surface area contributed by atoms with Crippen molar-refractivity contribution >= 4 is 35.3 Å². The Balaban J connectivity index is 1.83. The smallest absolute Gasteiger partial charge is 0.408 e. The Kier molecular flexibility index (Phi) is 6.91. The Hall–Kier alpha value is -4.39. The topological polar surface area (TPSA) is 223 Å². The standard InChI is InChI=1S/C27H30N2O11/c1-10-11-6-5-7-13(30)17(11)20(33)19-16(10)21(39-15(32)9-29-25(37)40-26(2,3)4)12-8-14(31)18(24(28)36)22(34)27(12,38)23(19)35/h5-7,10,12,16,21,30,33-34,38H,8-9H2,1-4H3,(H2,28,36)(H,29,37)/t10-,12+,16+,21+,27+/m0/s1. The molecule has 4 rings (SSSR count). The minimum absolute atomic E-state index is 0.0983. The number of esters is 1.